The molecular weight excluding hydrogens is 450 g/mol. The van der Waals surface area contributed by atoms with Gasteiger partial charge in [0.05, 0.1) is 21.5 Å². The Morgan fingerprint density at radius 1 is 1.03 bits per heavy atom. The van der Waals surface area contributed by atoms with Crippen LogP contribution in [0.4, 0.5) is 5.69 Å². The average molecular weight is 464 g/mol. The molecular formula is C22H14BrN3O4. The number of rotatable bonds is 4. The zero-order valence-corrected chi connectivity index (χ0v) is 17.0. The van der Waals surface area contributed by atoms with Crippen molar-refractivity contribution in [1.29, 1.82) is 0 Å². The molecule has 0 fully saturated rings. The number of nitrogens with zero attached hydrogens (tertiary/aromatic N) is 3. The van der Waals surface area contributed by atoms with Gasteiger partial charge in [-0.25, -0.2) is 4.98 Å². The lowest BCUT2D eigenvalue weighted by Gasteiger charge is -2.12. The Labute approximate surface area is 178 Å². The largest absolute Gasteiger partial charge is 0.508 e. The third kappa shape index (κ3) is 3.85. The van der Waals surface area contributed by atoms with Crippen molar-refractivity contribution in [1.82, 2.24) is 9.55 Å². The number of aromatic hydroxyl groups is 1. The smallest absolute Gasteiger partial charge is 0.269 e. The van der Waals surface area contributed by atoms with Crippen molar-refractivity contribution in [2.45, 2.75) is 0 Å². The van der Waals surface area contributed by atoms with E-state index in [1.54, 1.807) is 54.6 Å². The molecule has 1 aromatic heterocycles. The Balaban J connectivity index is 1.89. The number of fused-ring (bicyclic) bond motifs is 1. The van der Waals surface area contributed by atoms with Crippen LogP contribution in [0, 0.1) is 10.1 Å². The van der Waals surface area contributed by atoms with Crippen molar-refractivity contribution in [2.75, 3.05) is 0 Å². The van der Waals surface area contributed by atoms with Crippen LogP contribution in [0.3, 0.4) is 0 Å². The summed E-state index contributed by atoms with van der Waals surface area (Å²) in [5.74, 6) is 0.387. The number of halogens is 1. The second kappa shape index (κ2) is 7.92. The van der Waals surface area contributed by atoms with Gasteiger partial charge in [0, 0.05) is 22.7 Å². The summed E-state index contributed by atoms with van der Waals surface area (Å²) in [6.07, 6.45) is 3.38. The van der Waals surface area contributed by atoms with Crippen LogP contribution in [0.1, 0.15) is 11.4 Å². The first-order chi connectivity index (χ1) is 14.4. The summed E-state index contributed by atoms with van der Waals surface area (Å²) >= 11 is 3.38. The third-order valence-electron chi connectivity index (χ3n) is 4.47. The molecule has 1 N–H and O–H groups in total. The third-order valence-corrected chi connectivity index (χ3v) is 4.97. The summed E-state index contributed by atoms with van der Waals surface area (Å²) in [5, 5.41) is 21.1. The second-order valence-corrected chi connectivity index (χ2v) is 7.39. The fourth-order valence-electron chi connectivity index (χ4n) is 3.05. The van der Waals surface area contributed by atoms with Gasteiger partial charge in [0.2, 0.25) is 0 Å². The highest BCUT2D eigenvalue weighted by molar-refractivity contribution is 9.10. The number of non-ortho nitro benzene ring substituents is 1. The molecule has 0 aliphatic rings. The van der Waals surface area contributed by atoms with Crippen LogP contribution in [0.2, 0.25) is 0 Å². The zero-order valence-electron chi connectivity index (χ0n) is 15.4. The van der Waals surface area contributed by atoms with Crippen LogP contribution in [0.25, 0.3) is 28.7 Å². The van der Waals surface area contributed by atoms with E-state index in [2.05, 4.69) is 20.9 Å². The summed E-state index contributed by atoms with van der Waals surface area (Å²) in [6.45, 7) is 0. The number of benzene rings is 3. The van der Waals surface area contributed by atoms with Gasteiger partial charge >= 0.3 is 0 Å². The van der Waals surface area contributed by atoms with E-state index in [-0.39, 0.29) is 17.0 Å². The van der Waals surface area contributed by atoms with Crippen LogP contribution in [0.15, 0.2) is 76.0 Å². The number of hydrogen-bond donors (Lipinski definition) is 1. The zero-order chi connectivity index (χ0) is 21.3. The number of aromatic nitrogens is 2. The van der Waals surface area contributed by atoms with Gasteiger partial charge in [0.15, 0.2) is 0 Å². The van der Waals surface area contributed by atoms with E-state index in [1.165, 1.54) is 28.8 Å². The highest BCUT2D eigenvalue weighted by Gasteiger charge is 2.12. The molecule has 3 aromatic carbocycles. The van der Waals surface area contributed by atoms with Crippen molar-refractivity contribution in [2.24, 2.45) is 0 Å². The molecule has 0 atom stereocenters. The summed E-state index contributed by atoms with van der Waals surface area (Å²) in [7, 11) is 0. The molecule has 30 heavy (non-hydrogen) atoms. The van der Waals surface area contributed by atoms with Gasteiger partial charge < -0.3 is 5.11 Å². The summed E-state index contributed by atoms with van der Waals surface area (Å²) in [5.41, 5.74) is 1.43. The van der Waals surface area contributed by atoms with Crippen molar-refractivity contribution in [3.8, 4) is 11.4 Å². The first-order valence-corrected chi connectivity index (χ1v) is 9.66. The molecule has 0 aliphatic heterocycles. The van der Waals surface area contributed by atoms with Crippen molar-refractivity contribution >= 4 is 44.7 Å². The van der Waals surface area contributed by atoms with Gasteiger partial charge in [-0.15, -0.1) is 0 Å². The lowest BCUT2D eigenvalue weighted by atomic mass is 10.2. The van der Waals surface area contributed by atoms with E-state index >= 15 is 0 Å². The number of nitro groups is 1. The standard InChI is InChI=1S/C22H14BrN3O4/c23-15-7-10-20-19(12-15)22(28)25(17-2-1-3-18(27)13-17)21(24-20)11-6-14-4-8-16(9-5-14)26(29)30/h1-13,27H/b11-6+. The molecule has 4 aromatic rings. The molecule has 0 saturated carbocycles. The van der Waals surface area contributed by atoms with Gasteiger partial charge in [0.1, 0.15) is 11.6 Å². The molecule has 0 saturated heterocycles. The lowest BCUT2D eigenvalue weighted by Crippen LogP contribution is -2.22. The molecule has 0 bridgehead atoms. The fraction of sp³-hybridized carbons (Fsp3) is 0. The first kappa shape index (κ1) is 19.5. The monoisotopic (exact) mass is 463 g/mol. The van der Waals surface area contributed by atoms with E-state index in [0.717, 1.165) is 4.47 Å². The fourth-order valence-corrected chi connectivity index (χ4v) is 3.41. The topological polar surface area (TPSA) is 98.3 Å². The van der Waals surface area contributed by atoms with E-state index in [4.69, 9.17) is 0 Å². The number of hydrogen-bond acceptors (Lipinski definition) is 5. The van der Waals surface area contributed by atoms with Gasteiger partial charge in [-0.05, 0) is 54.1 Å². The van der Waals surface area contributed by atoms with Crippen LogP contribution < -0.4 is 5.56 Å². The SMILES string of the molecule is O=c1c2cc(Br)ccc2nc(/C=C/c2ccc([N+](=O)[O-])cc2)n1-c1cccc(O)c1. The molecule has 7 nitrogen and oxygen atoms in total. The Morgan fingerprint density at radius 3 is 2.50 bits per heavy atom. The van der Waals surface area contributed by atoms with Crippen LogP contribution in [-0.2, 0) is 0 Å². The van der Waals surface area contributed by atoms with Gasteiger partial charge in [0.25, 0.3) is 11.2 Å². The maximum Gasteiger partial charge on any atom is 0.269 e. The average Bonchev–Trinajstić information content (AvgIpc) is 2.73. The van der Waals surface area contributed by atoms with Crippen molar-refractivity contribution in [3.63, 3.8) is 0 Å². The lowest BCUT2D eigenvalue weighted by molar-refractivity contribution is -0.384. The van der Waals surface area contributed by atoms with Gasteiger partial charge in [-0.3, -0.25) is 19.5 Å². The van der Waals surface area contributed by atoms with E-state index in [9.17, 15) is 20.0 Å². The molecule has 0 aliphatic carbocycles. The summed E-state index contributed by atoms with van der Waals surface area (Å²) in [4.78, 5) is 28.2. The van der Waals surface area contributed by atoms with Crippen LogP contribution in [-0.4, -0.2) is 19.6 Å². The van der Waals surface area contributed by atoms with E-state index in [0.29, 0.717) is 28.0 Å². The molecule has 8 heteroatoms. The Kier molecular flexibility index (Phi) is 5.16. The Bertz CT molecular complexity index is 1360. The summed E-state index contributed by atoms with van der Waals surface area (Å²) < 4.78 is 2.17. The summed E-state index contributed by atoms with van der Waals surface area (Å²) in [6, 6.07) is 17.7. The molecule has 0 unspecified atom stereocenters. The Morgan fingerprint density at radius 2 is 1.80 bits per heavy atom. The first-order valence-electron chi connectivity index (χ1n) is 8.86. The minimum absolute atomic E-state index is 0.00164. The number of phenols is 1. The number of nitro benzene ring substituents is 1. The Hall–Kier alpha value is -3.78. The highest BCUT2D eigenvalue weighted by Crippen LogP contribution is 2.21. The quantitative estimate of drug-likeness (QED) is 0.341. The normalized spacial score (nSPS) is 11.2. The maximum absolute atomic E-state index is 13.3. The van der Waals surface area contributed by atoms with E-state index < -0.39 is 4.92 Å². The van der Waals surface area contributed by atoms with Gasteiger partial charge in [-0.1, -0.05) is 28.1 Å². The molecule has 1 heterocycles. The van der Waals surface area contributed by atoms with Crippen molar-refractivity contribution < 1.29 is 10.0 Å². The predicted octanol–water partition coefficient (Wildman–Crippen LogP) is 4.93. The predicted molar refractivity (Wildman–Crippen MR) is 119 cm³/mol. The molecule has 148 valence electrons. The molecule has 0 spiro atoms. The highest BCUT2D eigenvalue weighted by atomic mass is 79.9. The minimum Gasteiger partial charge on any atom is -0.508 e. The molecule has 4 rings (SSSR count). The van der Waals surface area contributed by atoms with Gasteiger partial charge in [-0.2, -0.15) is 0 Å². The van der Waals surface area contributed by atoms with Crippen LogP contribution >= 0.6 is 15.9 Å². The van der Waals surface area contributed by atoms with Crippen LogP contribution in [0.5, 0.6) is 5.75 Å². The van der Waals surface area contributed by atoms with E-state index in [1.807, 2.05) is 0 Å². The molecule has 0 amide bonds. The maximum atomic E-state index is 13.3. The number of phenolic OH excluding ortho intramolecular Hbond substituents is 1. The minimum atomic E-state index is -0.462. The van der Waals surface area contributed by atoms with Crippen molar-refractivity contribution in [3.05, 3.63) is 103 Å². The second-order valence-electron chi connectivity index (χ2n) is 6.47. The molecule has 0 radical (unpaired) electrons.